The van der Waals surface area contributed by atoms with Crippen LogP contribution in [-0.4, -0.2) is 47.5 Å². The number of aromatic nitrogens is 1. The molecule has 1 aromatic carbocycles. The third-order valence-electron chi connectivity index (χ3n) is 4.59. The summed E-state index contributed by atoms with van der Waals surface area (Å²) < 4.78 is 5.03. The minimum Gasteiger partial charge on any atom is -0.361 e. The zero-order valence-corrected chi connectivity index (χ0v) is 15.5. The molecule has 1 amide bonds. The maximum atomic E-state index is 12.5. The Morgan fingerprint density at radius 1 is 1.40 bits per heavy atom. The Kier molecular flexibility index (Phi) is 5.76. The first kappa shape index (κ1) is 18.0. The Balaban J connectivity index is 1.54. The summed E-state index contributed by atoms with van der Waals surface area (Å²) in [5.74, 6) is 1.12. The lowest BCUT2D eigenvalue weighted by Gasteiger charge is -2.34. The third-order valence-corrected chi connectivity index (χ3v) is 4.84. The molecule has 1 fully saturated rings. The van der Waals surface area contributed by atoms with E-state index in [1.165, 1.54) is 5.56 Å². The van der Waals surface area contributed by atoms with Crippen LogP contribution < -0.4 is 0 Å². The minimum atomic E-state index is -0.0260. The summed E-state index contributed by atoms with van der Waals surface area (Å²) in [4.78, 5) is 16.8. The molecule has 5 nitrogen and oxygen atoms in total. The first-order valence-corrected chi connectivity index (χ1v) is 9.04. The number of aryl methyl sites for hydroxylation is 1. The second-order valence-corrected chi connectivity index (χ2v) is 7.34. The van der Waals surface area contributed by atoms with Gasteiger partial charge in [-0.15, -0.1) is 0 Å². The molecule has 0 aliphatic carbocycles. The van der Waals surface area contributed by atoms with Crippen molar-refractivity contribution in [1.82, 2.24) is 15.0 Å². The van der Waals surface area contributed by atoms with Gasteiger partial charge in [-0.25, -0.2) is 0 Å². The van der Waals surface area contributed by atoms with E-state index < -0.39 is 0 Å². The molecule has 1 aliphatic heterocycles. The highest BCUT2D eigenvalue weighted by molar-refractivity contribution is 6.30. The number of hydrogen-bond acceptors (Lipinski definition) is 4. The molecule has 2 heterocycles. The lowest BCUT2D eigenvalue weighted by atomic mass is 9.97. The summed E-state index contributed by atoms with van der Waals surface area (Å²) in [6.45, 7) is 5.21. The van der Waals surface area contributed by atoms with Gasteiger partial charge in [0.2, 0.25) is 0 Å². The second kappa shape index (κ2) is 8.02. The van der Waals surface area contributed by atoms with Crippen LogP contribution in [-0.2, 0) is 6.54 Å². The molecule has 1 aliphatic rings. The van der Waals surface area contributed by atoms with Crippen LogP contribution in [0.2, 0.25) is 5.02 Å². The Bertz CT molecular complexity index is 714. The van der Waals surface area contributed by atoms with Crippen LogP contribution in [0.25, 0.3) is 0 Å². The number of carbonyl (C=O) groups excluding carboxylic acids is 1. The van der Waals surface area contributed by atoms with Gasteiger partial charge in [-0.2, -0.15) is 0 Å². The summed E-state index contributed by atoms with van der Waals surface area (Å²) in [6.07, 6.45) is 2.18. The van der Waals surface area contributed by atoms with Gasteiger partial charge in [0.25, 0.3) is 5.91 Å². The number of nitrogens with zero attached hydrogens (tertiary/aromatic N) is 3. The summed E-state index contributed by atoms with van der Waals surface area (Å²) in [7, 11) is 2.12. The quantitative estimate of drug-likeness (QED) is 0.816. The Morgan fingerprint density at radius 3 is 2.84 bits per heavy atom. The molecule has 3 rings (SSSR count). The number of carbonyl (C=O) groups is 1. The maximum absolute atomic E-state index is 12.5. The van der Waals surface area contributed by atoms with E-state index >= 15 is 0 Å². The number of benzene rings is 1. The Labute approximate surface area is 153 Å². The van der Waals surface area contributed by atoms with Crippen LogP contribution >= 0.6 is 11.6 Å². The fraction of sp³-hybridized carbons (Fsp3) is 0.474. The molecular weight excluding hydrogens is 338 g/mol. The highest BCUT2D eigenvalue weighted by atomic mass is 35.5. The van der Waals surface area contributed by atoms with Crippen LogP contribution in [0.1, 0.15) is 34.7 Å². The predicted molar refractivity (Wildman–Crippen MR) is 97.7 cm³/mol. The van der Waals surface area contributed by atoms with Crippen LogP contribution in [0, 0.1) is 12.8 Å². The average Bonchev–Trinajstić information content (AvgIpc) is 3.03. The number of amides is 1. The SMILES string of the molecule is Cc1cc(C(=O)N2CCCC(CN(C)Cc3ccc(Cl)cc3)C2)no1. The Morgan fingerprint density at radius 2 is 2.16 bits per heavy atom. The first-order chi connectivity index (χ1) is 12.0. The molecule has 1 atom stereocenters. The third kappa shape index (κ3) is 4.83. The minimum absolute atomic E-state index is 0.0260. The average molecular weight is 362 g/mol. The molecular formula is C19H24ClN3O2. The van der Waals surface area contributed by atoms with Crippen molar-refractivity contribution in [2.75, 3.05) is 26.7 Å². The molecule has 134 valence electrons. The number of likely N-dealkylation sites (tertiary alicyclic amines) is 1. The van der Waals surface area contributed by atoms with Gasteiger partial charge in [-0.05, 0) is 50.4 Å². The molecule has 1 saturated heterocycles. The molecule has 6 heteroatoms. The normalized spacial score (nSPS) is 17.9. The van der Waals surface area contributed by atoms with Gasteiger partial charge < -0.3 is 14.3 Å². The first-order valence-electron chi connectivity index (χ1n) is 8.67. The van der Waals surface area contributed by atoms with Crippen LogP contribution in [0.3, 0.4) is 0 Å². The van der Waals surface area contributed by atoms with E-state index in [9.17, 15) is 4.79 Å². The van der Waals surface area contributed by atoms with Crippen molar-refractivity contribution in [2.24, 2.45) is 5.92 Å². The molecule has 0 spiro atoms. The highest BCUT2D eigenvalue weighted by Gasteiger charge is 2.26. The summed E-state index contributed by atoms with van der Waals surface area (Å²) >= 11 is 5.94. The van der Waals surface area contributed by atoms with Gasteiger partial charge in [-0.3, -0.25) is 4.79 Å². The van der Waals surface area contributed by atoms with Crippen molar-refractivity contribution in [1.29, 1.82) is 0 Å². The van der Waals surface area contributed by atoms with Crippen molar-refractivity contribution in [3.8, 4) is 0 Å². The summed E-state index contributed by atoms with van der Waals surface area (Å²) in [6, 6.07) is 9.67. The summed E-state index contributed by atoms with van der Waals surface area (Å²) in [5, 5.41) is 4.61. The molecule has 2 aromatic rings. The summed E-state index contributed by atoms with van der Waals surface area (Å²) in [5.41, 5.74) is 1.65. The lowest BCUT2D eigenvalue weighted by Crippen LogP contribution is -2.43. The van der Waals surface area contributed by atoms with Gasteiger partial charge >= 0.3 is 0 Å². The zero-order chi connectivity index (χ0) is 17.8. The monoisotopic (exact) mass is 361 g/mol. The van der Waals surface area contributed by atoms with E-state index in [0.717, 1.165) is 44.0 Å². The molecule has 0 bridgehead atoms. The molecule has 0 radical (unpaired) electrons. The molecule has 0 N–H and O–H groups in total. The van der Waals surface area contributed by atoms with E-state index in [1.54, 1.807) is 13.0 Å². The fourth-order valence-electron chi connectivity index (χ4n) is 3.43. The van der Waals surface area contributed by atoms with Crippen molar-refractivity contribution < 1.29 is 9.32 Å². The van der Waals surface area contributed by atoms with Gasteiger partial charge in [0.15, 0.2) is 5.69 Å². The number of piperidine rings is 1. The van der Waals surface area contributed by atoms with Crippen molar-refractivity contribution in [3.05, 3.63) is 52.4 Å². The second-order valence-electron chi connectivity index (χ2n) is 6.91. The van der Waals surface area contributed by atoms with Crippen molar-refractivity contribution in [2.45, 2.75) is 26.3 Å². The van der Waals surface area contributed by atoms with E-state index in [-0.39, 0.29) is 5.91 Å². The smallest absolute Gasteiger partial charge is 0.276 e. The standard InChI is InChI=1S/C19H24ClN3O2/c1-14-10-18(21-25-14)19(24)23-9-3-4-16(13-23)12-22(2)11-15-5-7-17(20)8-6-15/h5-8,10,16H,3-4,9,11-13H2,1-2H3. The van der Waals surface area contributed by atoms with E-state index in [1.807, 2.05) is 17.0 Å². The van der Waals surface area contributed by atoms with Gasteiger partial charge in [0, 0.05) is 37.3 Å². The number of hydrogen-bond donors (Lipinski definition) is 0. The largest absolute Gasteiger partial charge is 0.361 e. The lowest BCUT2D eigenvalue weighted by molar-refractivity contribution is 0.0636. The van der Waals surface area contributed by atoms with Gasteiger partial charge in [-0.1, -0.05) is 28.9 Å². The van der Waals surface area contributed by atoms with E-state index in [0.29, 0.717) is 17.4 Å². The number of rotatable bonds is 5. The predicted octanol–water partition coefficient (Wildman–Crippen LogP) is 3.62. The fourth-order valence-corrected chi connectivity index (χ4v) is 3.56. The molecule has 1 aromatic heterocycles. The maximum Gasteiger partial charge on any atom is 0.276 e. The topological polar surface area (TPSA) is 49.6 Å². The molecule has 25 heavy (non-hydrogen) atoms. The number of halogens is 1. The molecule has 0 saturated carbocycles. The van der Waals surface area contributed by atoms with E-state index in [2.05, 4.69) is 29.2 Å². The Hall–Kier alpha value is -1.85. The van der Waals surface area contributed by atoms with E-state index in [4.69, 9.17) is 16.1 Å². The highest BCUT2D eigenvalue weighted by Crippen LogP contribution is 2.20. The molecule has 1 unspecified atom stereocenters. The van der Waals surface area contributed by atoms with Gasteiger partial charge in [0.1, 0.15) is 5.76 Å². The van der Waals surface area contributed by atoms with Crippen LogP contribution in [0.5, 0.6) is 0 Å². The van der Waals surface area contributed by atoms with Gasteiger partial charge in [0.05, 0.1) is 0 Å². The zero-order valence-electron chi connectivity index (χ0n) is 14.7. The van der Waals surface area contributed by atoms with Crippen LogP contribution in [0.15, 0.2) is 34.9 Å². The van der Waals surface area contributed by atoms with Crippen LogP contribution in [0.4, 0.5) is 0 Å². The van der Waals surface area contributed by atoms with Crippen molar-refractivity contribution >= 4 is 17.5 Å². The van der Waals surface area contributed by atoms with Crippen molar-refractivity contribution in [3.63, 3.8) is 0 Å².